The maximum absolute atomic E-state index is 4.53. The van der Waals surface area contributed by atoms with E-state index in [-0.39, 0.29) is 0 Å². The quantitative estimate of drug-likeness (QED) is 0.694. The number of pyridine rings is 2. The van der Waals surface area contributed by atoms with Crippen molar-refractivity contribution in [3.63, 3.8) is 0 Å². The number of nitrogens with zero attached hydrogens (tertiary/aromatic N) is 3. The number of fused-ring (bicyclic) bond motifs is 1. The maximum atomic E-state index is 4.53. The lowest BCUT2D eigenvalue weighted by atomic mass is 9.99. The second-order valence-corrected chi connectivity index (χ2v) is 5.15. The van der Waals surface area contributed by atoms with Gasteiger partial charge in [-0.25, -0.2) is 0 Å². The molecule has 0 radical (unpaired) electrons. The summed E-state index contributed by atoms with van der Waals surface area (Å²) in [5.74, 6) is 0.403. The normalized spacial score (nSPS) is 11.4. The Morgan fingerprint density at radius 3 is 2.79 bits per heavy atom. The highest BCUT2D eigenvalue weighted by Gasteiger charge is 2.11. The van der Waals surface area contributed by atoms with E-state index in [9.17, 15) is 0 Å². The van der Waals surface area contributed by atoms with E-state index in [2.05, 4.69) is 40.5 Å². The molecule has 0 bridgehead atoms. The molecule has 0 saturated heterocycles. The van der Waals surface area contributed by atoms with Gasteiger partial charge in [-0.15, -0.1) is 0 Å². The minimum Gasteiger partial charge on any atom is -0.349 e. The summed E-state index contributed by atoms with van der Waals surface area (Å²) in [5, 5.41) is 0. The topological polar surface area (TPSA) is 30.7 Å². The third kappa shape index (κ3) is 2.01. The first-order chi connectivity index (χ1) is 9.16. The lowest BCUT2D eigenvalue weighted by Crippen LogP contribution is -1.96. The van der Waals surface area contributed by atoms with Gasteiger partial charge in [-0.05, 0) is 24.1 Å². The van der Waals surface area contributed by atoms with Crippen molar-refractivity contribution >= 4 is 11.0 Å². The smallest absolute Gasteiger partial charge is 0.0881 e. The van der Waals surface area contributed by atoms with Gasteiger partial charge in [0.1, 0.15) is 0 Å². The molecular weight excluding hydrogens is 234 g/mol. The zero-order valence-corrected chi connectivity index (χ0v) is 11.5. The SMILES string of the molecule is CC(C)c1ncccc1-c1cnc2ccn(C)c2c1. The Morgan fingerprint density at radius 1 is 1.16 bits per heavy atom. The second-order valence-electron chi connectivity index (χ2n) is 5.15. The molecule has 0 unspecified atom stereocenters. The molecule has 3 aromatic rings. The summed E-state index contributed by atoms with van der Waals surface area (Å²) >= 11 is 0. The van der Waals surface area contributed by atoms with Crippen LogP contribution in [0, 0.1) is 0 Å². The van der Waals surface area contributed by atoms with Gasteiger partial charge in [-0.2, -0.15) is 0 Å². The molecule has 0 amide bonds. The van der Waals surface area contributed by atoms with Gasteiger partial charge in [0, 0.05) is 36.8 Å². The molecule has 0 spiro atoms. The molecule has 0 aromatic carbocycles. The number of rotatable bonds is 2. The van der Waals surface area contributed by atoms with Crippen LogP contribution < -0.4 is 0 Å². The van der Waals surface area contributed by atoms with Gasteiger partial charge >= 0.3 is 0 Å². The lowest BCUT2D eigenvalue weighted by Gasteiger charge is -2.11. The minimum atomic E-state index is 0.403. The third-order valence-corrected chi connectivity index (χ3v) is 3.43. The highest BCUT2D eigenvalue weighted by atomic mass is 14.9. The first-order valence-corrected chi connectivity index (χ1v) is 6.53. The average Bonchev–Trinajstić information content (AvgIpc) is 2.80. The zero-order chi connectivity index (χ0) is 13.4. The zero-order valence-electron chi connectivity index (χ0n) is 11.5. The molecule has 19 heavy (non-hydrogen) atoms. The minimum absolute atomic E-state index is 0.403. The summed E-state index contributed by atoms with van der Waals surface area (Å²) in [6, 6.07) is 8.32. The fourth-order valence-electron chi connectivity index (χ4n) is 2.41. The van der Waals surface area contributed by atoms with Crippen molar-refractivity contribution in [2.45, 2.75) is 19.8 Å². The molecule has 0 N–H and O–H groups in total. The Kier molecular flexibility index (Phi) is 2.82. The van der Waals surface area contributed by atoms with Gasteiger partial charge in [0.2, 0.25) is 0 Å². The fourth-order valence-corrected chi connectivity index (χ4v) is 2.41. The van der Waals surface area contributed by atoms with Crippen LogP contribution in [0.5, 0.6) is 0 Å². The van der Waals surface area contributed by atoms with Gasteiger partial charge in [0.15, 0.2) is 0 Å². The average molecular weight is 251 g/mol. The molecule has 3 aromatic heterocycles. The molecular formula is C16H17N3. The molecule has 0 aliphatic rings. The van der Waals surface area contributed by atoms with E-state index in [1.165, 1.54) is 5.56 Å². The highest BCUT2D eigenvalue weighted by Crippen LogP contribution is 2.28. The molecule has 3 heteroatoms. The van der Waals surface area contributed by atoms with E-state index in [0.717, 1.165) is 22.3 Å². The summed E-state index contributed by atoms with van der Waals surface area (Å²) in [7, 11) is 2.04. The summed E-state index contributed by atoms with van der Waals surface area (Å²) in [6.07, 6.45) is 5.83. The van der Waals surface area contributed by atoms with E-state index < -0.39 is 0 Å². The molecule has 0 saturated carbocycles. The largest absolute Gasteiger partial charge is 0.349 e. The van der Waals surface area contributed by atoms with Crippen molar-refractivity contribution in [3.05, 3.63) is 48.5 Å². The van der Waals surface area contributed by atoms with Crippen molar-refractivity contribution in [1.29, 1.82) is 0 Å². The molecule has 96 valence electrons. The molecule has 0 atom stereocenters. The Labute approximate surface area is 112 Å². The van der Waals surface area contributed by atoms with Crippen LogP contribution in [0.4, 0.5) is 0 Å². The second kappa shape index (κ2) is 4.50. The van der Waals surface area contributed by atoms with Crippen LogP contribution in [0.1, 0.15) is 25.5 Å². The molecule has 0 aliphatic carbocycles. The Bertz CT molecular complexity index is 726. The van der Waals surface area contributed by atoms with Gasteiger partial charge in [0.25, 0.3) is 0 Å². The van der Waals surface area contributed by atoms with Crippen LogP contribution >= 0.6 is 0 Å². The predicted octanol–water partition coefficient (Wildman–Crippen LogP) is 3.76. The van der Waals surface area contributed by atoms with Crippen molar-refractivity contribution in [1.82, 2.24) is 14.5 Å². The van der Waals surface area contributed by atoms with Crippen LogP contribution in [0.2, 0.25) is 0 Å². The lowest BCUT2D eigenvalue weighted by molar-refractivity contribution is 0.825. The highest BCUT2D eigenvalue weighted by molar-refractivity contribution is 5.81. The van der Waals surface area contributed by atoms with Crippen LogP contribution in [-0.4, -0.2) is 14.5 Å². The summed E-state index contributed by atoms with van der Waals surface area (Å²) in [6.45, 7) is 4.33. The maximum Gasteiger partial charge on any atom is 0.0881 e. The van der Waals surface area contributed by atoms with Gasteiger partial charge < -0.3 is 4.57 Å². The first-order valence-electron chi connectivity index (χ1n) is 6.53. The van der Waals surface area contributed by atoms with Gasteiger partial charge in [-0.1, -0.05) is 19.9 Å². The number of aromatic nitrogens is 3. The fraction of sp³-hybridized carbons (Fsp3) is 0.250. The number of hydrogen-bond acceptors (Lipinski definition) is 2. The Hall–Kier alpha value is -2.16. The molecule has 3 rings (SSSR count). The summed E-state index contributed by atoms with van der Waals surface area (Å²) in [4.78, 5) is 9.04. The van der Waals surface area contributed by atoms with E-state index in [4.69, 9.17) is 0 Å². The molecule has 3 heterocycles. The number of aryl methyl sites for hydroxylation is 1. The Morgan fingerprint density at radius 2 is 2.00 bits per heavy atom. The van der Waals surface area contributed by atoms with Crippen LogP contribution in [0.15, 0.2) is 42.9 Å². The van der Waals surface area contributed by atoms with Crippen LogP contribution in [-0.2, 0) is 7.05 Å². The first kappa shape index (κ1) is 11.9. The predicted molar refractivity (Wildman–Crippen MR) is 78.0 cm³/mol. The van der Waals surface area contributed by atoms with Crippen LogP contribution in [0.25, 0.3) is 22.2 Å². The van der Waals surface area contributed by atoms with E-state index in [1.54, 1.807) is 0 Å². The Balaban J connectivity index is 2.21. The summed E-state index contributed by atoms with van der Waals surface area (Å²) in [5.41, 5.74) is 5.61. The van der Waals surface area contributed by atoms with E-state index >= 15 is 0 Å². The van der Waals surface area contributed by atoms with Gasteiger partial charge in [0.05, 0.1) is 16.7 Å². The molecule has 3 nitrogen and oxygen atoms in total. The van der Waals surface area contributed by atoms with Crippen LogP contribution in [0.3, 0.4) is 0 Å². The molecule has 0 fully saturated rings. The van der Waals surface area contributed by atoms with E-state index in [0.29, 0.717) is 5.92 Å². The summed E-state index contributed by atoms with van der Waals surface area (Å²) < 4.78 is 2.09. The monoisotopic (exact) mass is 251 g/mol. The van der Waals surface area contributed by atoms with Crippen molar-refractivity contribution in [2.75, 3.05) is 0 Å². The van der Waals surface area contributed by atoms with Gasteiger partial charge in [-0.3, -0.25) is 9.97 Å². The standard InChI is InChI=1S/C16H17N3/c1-11(2)16-13(5-4-7-17-16)12-9-15-14(18-10-12)6-8-19(15)3/h4-11H,1-3H3. The van der Waals surface area contributed by atoms with Crippen molar-refractivity contribution < 1.29 is 0 Å². The number of hydrogen-bond donors (Lipinski definition) is 0. The third-order valence-electron chi connectivity index (χ3n) is 3.43. The van der Waals surface area contributed by atoms with E-state index in [1.807, 2.05) is 37.8 Å². The molecule has 0 aliphatic heterocycles. The van der Waals surface area contributed by atoms with Crippen molar-refractivity contribution in [2.24, 2.45) is 7.05 Å². The van der Waals surface area contributed by atoms with Crippen molar-refractivity contribution in [3.8, 4) is 11.1 Å².